The number of pyridine rings is 2. The summed E-state index contributed by atoms with van der Waals surface area (Å²) in [4.78, 5) is 20.7. The predicted molar refractivity (Wildman–Crippen MR) is 103 cm³/mol. The Balaban J connectivity index is 2.00. The molecular formula is C21H21N3O3. The van der Waals surface area contributed by atoms with E-state index in [0.717, 1.165) is 16.8 Å². The summed E-state index contributed by atoms with van der Waals surface area (Å²) in [6.07, 6.45) is 3.42. The molecule has 27 heavy (non-hydrogen) atoms. The number of carbonyl (C=O) groups is 1. The number of amides is 1. The number of aryl methyl sites for hydroxylation is 1. The van der Waals surface area contributed by atoms with Gasteiger partial charge in [-0.2, -0.15) is 0 Å². The van der Waals surface area contributed by atoms with Crippen LogP contribution in [0.25, 0.3) is 11.1 Å². The van der Waals surface area contributed by atoms with Crippen molar-refractivity contribution in [2.75, 3.05) is 13.7 Å². The number of benzene rings is 1. The number of ether oxygens (including phenoxy) is 2. The van der Waals surface area contributed by atoms with Gasteiger partial charge in [-0.1, -0.05) is 0 Å². The summed E-state index contributed by atoms with van der Waals surface area (Å²) in [5.41, 5.74) is 3.16. The molecule has 0 aliphatic carbocycles. The Hall–Kier alpha value is -3.41. The second-order valence-electron chi connectivity index (χ2n) is 5.85. The fraction of sp³-hybridized carbons (Fsp3) is 0.190. The third-order valence-electron chi connectivity index (χ3n) is 3.87. The molecule has 2 heterocycles. The van der Waals surface area contributed by atoms with Gasteiger partial charge in [0.1, 0.15) is 11.5 Å². The highest BCUT2D eigenvalue weighted by atomic mass is 16.5. The molecule has 3 rings (SSSR count). The molecule has 138 valence electrons. The van der Waals surface area contributed by atoms with Gasteiger partial charge in [0, 0.05) is 42.3 Å². The lowest BCUT2D eigenvalue weighted by Gasteiger charge is -2.13. The van der Waals surface area contributed by atoms with Gasteiger partial charge in [-0.15, -0.1) is 0 Å². The number of nitrogens with one attached hydrogen (secondary N) is 1. The average molecular weight is 363 g/mol. The molecule has 0 bridgehead atoms. The highest BCUT2D eigenvalue weighted by Crippen LogP contribution is 2.33. The van der Waals surface area contributed by atoms with E-state index in [9.17, 15) is 4.79 Å². The number of aromatic nitrogens is 2. The quantitative estimate of drug-likeness (QED) is 0.716. The Bertz CT molecular complexity index is 957. The van der Waals surface area contributed by atoms with Crippen molar-refractivity contribution in [3.05, 3.63) is 66.1 Å². The minimum Gasteiger partial charge on any atom is -0.494 e. The molecule has 0 aliphatic rings. The largest absolute Gasteiger partial charge is 0.494 e. The molecule has 1 aromatic carbocycles. The van der Waals surface area contributed by atoms with Gasteiger partial charge < -0.3 is 14.8 Å². The minimum absolute atomic E-state index is 0.215. The molecule has 0 atom stereocenters. The zero-order valence-corrected chi connectivity index (χ0v) is 15.5. The first-order chi connectivity index (χ1) is 13.1. The summed E-state index contributed by atoms with van der Waals surface area (Å²) in [5.74, 6) is 1.27. The maximum absolute atomic E-state index is 12.1. The molecule has 0 saturated carbocycles. The molecule has 0 fully saturated rings. The van der Waals surface area contributed by atoms with Gasteiger partial charge in [0.25, 0.3) is 5.91 Å². The van der Waals surface area contributed by atoms with Crippen molar-refractivity contribution in [2.24, 2.45) is 0 Å². The molecule has 2 aromatic heterocycles. The Morgan fingerprint density at radius 2 is 1.89 bits per heavy atom. The Morgan fingerprint density at radius 1 is 1.07 bits per heavy atom. The third-order valence-corrected chi connectivity index (χ3v) is 3.87. The van der Waals surface area contributed by atoms with E-state index in [0.29, 0.717) is 29.5 Å². The molecule has 1 N–H and O–H groups in total. The van der Waals surface area contributed by atoms with Crippen LogP contribution in [0.3, 0.4) is 0 Å². The Kier molecular flexibility index (Phi) is 5.66. The van der Waals surface area contributed by atoms with Crippen LogP contribution in [0.1, 0.15) is 23.0 Å². The maximum atomic E-state index is 12.1. The number of hydrogen-bond donors (Lipinski definition) is 1. The minimum atomic E-state index is -0.215. The predicted octanol–water partition coefficient (Wildman–Crippen LogP) is 4.00. The highest BCUT2D eigenvalue weighted by molar-refractivity contribution is 5.94. The number of nitrogens with zero attached hydrogens (tertiary/aromatic N) is 2. The molecule has 6 nitrogen and oxygen atoms in total. The first kappa shape index (κ1) is 18.4. The molecule has 0 unspecified atom stereocenters. The van der Waals surface area contributed by atoms with Crippen LogP contribution in [0, 0.1) is 6.92 Å². The lowest BCUT2D eigenvalue weighted by Crippen LogP contribution is -2.17. The third kappa shape index (κ3) is 4.41. The van der Waals surface area contributed by atoms with Gasteiger partial charge in [-0.3, -0.25) is 9.78 Å². The van der Waals surface area contributed by atoms with Crippen molar-refractivity contribution in [1.82, 2.24) is 15.3 Å². The summed E-state index contributed by atoms with van der Waals surface area (Å²) in [6.45, 7) is 4.30. The van der Waals surface area contributed by atoms with E-state index in [1.165, 1.54) is 0 Å². The van der Waals surface area contributed by atoms with Crippen LogP contribution in [0.2, 0.25) is 0 Å². The standard InChI is InChI=1S/C21H21N3O3/c1-4-26-17-11-16(20(25)22-3)12-18(13-17)27-21-19(6-5-8-24-21)15-7-9-23-14(2)10-15/h5-13H,4H2,1-3H3,(H,22,25). The Morgan fingerprint density at radius 3 is 2.63 bits per heavy atom. The smallest absolute Gasteiger partial charge is 0.251 e. The van der Waals surface area contributed by atoms with Crippen LogP contribution < -0.4 is 14.8 Å². The summed E-state index contributed by atoms with van der Waals surface area (Å²) < 4.78 is 11.6. The van der Waals surface area contributed by atoms with Gasteiger partial charge in [-0.25, -0.2) is 4.98 Å². The number of rotatable bonds is 6. The molecule has 3 aromatic rings. The van der Waals surface area contributed by atoms with Crippen molar-refractivity contribution in [2.45, 2.75) is 13.8 Å². The van der Waals surface area contributed by atoms with Crippen LogP contribution in [-0.4, -0.2) is 29.5 Å². The zero-order chi connectivity index (χ0) is 19.2. The first-order valence-electron chi connectivity index (χ1n) is 8.66. The second kappa shape index (κ2) is 8.31. The van der Waals surface area contributed by atoms with Crippen molar-refractivity contribution in [3.8, 4) is 28.5 Å². The normalized spacial score (nSPS) is 10.3. The van der Waals surface area contributed by atoms with E-state index in [-0.39, 0.29) is 5.91 Å². The molecule has 0 saturated heterocycles. The molecular weight excluding hydrogens is 342 g/mol. The lowest BCUT2D eigenvalue weighted by molar-refractivity contribution is 0.0962. The van der Waals surface area contributed by atoms with Crippen LogP contribution in [-0.2, 0) is 0 Å². The molecule has 1 amide bonds. The van der Waals surface area contributed by atoms with E-state index < -0.39 is 0 Å². The summed E-state index contributed by atoms with van der Waals surface area (Å²) in [6, 6.07) is 12.7. The van der Waals surface area contributed by atoms with E-state index in [1.54, 1.807) is 37.6 Å². The van der Waals surface area contributed by atoms with E-state index in [1.807, 2.05) is 38.1 Å². The van der Waals surface area contributed by atoms with Crippen molar-refractivity contribution in [1.29, 1.82) is 0 Å². The van der Waals surface area contributed by atoms with Crippen LogP contribution in [0.15, 0.2) is 54.9 Å². The number of carbonyl (C=O) groups excluding carboxylic acids is 1. The first-order valence-corrected chi connectivity index (χ1v) is 8.66. The fourth-order valence-electron chi connectivity index (χ4n) is 2.67. The maximum Gasteiger partial charge on any atom is 0.251 e. The average Bonchev–Trinajstić information content (AvgIpc) is 2.68. The number of hydrogen-bond acceptors (Lipinski definition) is 5. The van der Waals surface area contributed by atoms with Crippen molar-refractivity contribution >= 4 is 5.91 Å². The highest BCUT2D eigenvalue weighted by Gasteiger charge is 2.13. The van der Waals surface area contributed by atoms with Crippen LogP contribution in [0.4, 0.5) is 0 Å². The monoisotopic (exact) mass is 363 g/mol. The van der Waals surface area contributed by atoms with Crippen LogP contribution in [0.5, 0.6) is 17.4 Å². The van der Waals surface area contributed by atoms with Gasteiger partial charge in [0.05, 0.1) is 6.61 Å². The summed E-state index contributed by atoms with van der Waals surface area (Å²) in [5, 5.41) is 2.61. The summed E-state index contributed by atoms with van der Waals surface area (Å²) >= 11 is 0. The summed E-state index contributed by atoms with van der Waals surface area (Å²) in [7, 11) is 1.58. The fourth-order valence-corrected chi connectivity index (χ4v) is 2.67. The SMILES string of the molecule is CCOc1cc(Oc2ncccc2-c2ccnc(C)c2)cc(C(=O)NC)c1. The van der Waals surface area contributed by atoms with Crippen LogP contribution >= 0.6 is 0 Å². The van der Waals surface area contributed by atoms with Gasteiger partial charge >= 0.3 is 0 Å². The molecule has 0 spiro atoms. The van der Waals surface area contributed by atoms with Crippen molar-refractivity contribution in [3.63, 3.8) is 0 Å². The second-order valence-corrected chi connectivity index (χ2v) is 5.85. The van der Waals surface area contributed by atoms with Gasteiger partial charge in [-0.05, 0) is 55.8 Å². The molecule has 0 radical (unpaired) electrons. The van der Waals surface area contributed by atoms with Gasteiger partial charge in [0.15, 0.2) is 0 Å². The van der Waals surface area contributed by atoms with Gasteiger partial charge in [0.2, 0.25) is 5.88 Å². The molecule has 0 aliphatic heterocycles. The van der Waals surface area contributed by atoms with E-state index >= 15 is 0 Å². The zero-order valence-electron chi connectivity index (χ0n) is 15.5. The van der Waals surface area contributed by atoms with Crippen molar-refractivity contribution < 1.29 is 14.3 Å². The topological polar surface area (TPSA) is 73.3 Å². The van der Waals surface area contributed by atoms with E-state index in [4.69, 9.17) is 9.47 Å². The van der Waals surface area contributed by atoms with E-state index in [2.05, 4.69) is 15.3 Å². The lowest BCUT2D eigenvalue weighted by atomic mass is 10.1. The Labute approximate surface area is 158 Å². The molecule has 6 heteroatoms.